The van der Waals surface area contributed by atoms with Gasteiger partial charge in [0.15, 0.2) is 6.29 Å². The lowest BCUT2D eigenvalue weighted by atomic mass is 10.1. The fourth-order valence-electron chi connectivity index (χ4n) is 1.39. The van der Waals surface area contributed by atoms with Crippen LogP contribution in [0.15, 0.2) is 24.3 Å². The Labute approximate surface area is 82.7 Å². The van der Waals surface area contributed by atoms with Crippen molar-refractivity contribution < 1.29 is 18.0 Å². The first-order valence-electron chi connectivity index (χ1n) is 4.16. The van der Waals surface area contributed by atoms with Gasteiger partial charge in [-0.3, -0.25) is 4.79 Å². The molecule has 0 saturated heterocycles. The number of alkyl halides is 3. The number of benzene rings is 1. The molecule has 1 heterocycles. The predicted molar refractivity (Wildman–Crippen MR) is 48.7 cm³/mol. The van der Waals surface area contributed by atoms with Crippen LogP contribution >= 0.6 is 0 Å². The van der Waals surface area contributed by atoms with Crippen LogP contribution in [0.2, 0.25) is 0 Å². The van der Waals surface area contributed by atoms with Gasteiger partial charge in [-0.05, 0) is 24.3 Å². The quantitative estimate of drug-likeness (QED) is 0.725. The smallest absolute Gasteiger partial charge is 0.352 e. The molecule has 0 bridgehead atoms. The van der Waals surface area contributed by atoms with Crippen LogP contribution in [0.1, 0.15) is 16.1 Å². The first-order valence-corrected chi connectivity index (χ1v) is 4.16. The highest BCUT2D eigenvalue weighted by molar-refractivity contribution is 5.88. The van der Waals surface area contributed by atoms with Gasteiger partial charge in [0.2, 0.25) is 0 Å². The lowest BCUT2D eigenvalue weighted by Gasteiger charge is -2.05. The van der Waals surface area contributed by atoms with Crippen molar-refractivity contribution in [2.24, 2.45) is 0 Å². The summed E-state index contributed by atoms with van der Waals surface area (Å²) < 4.78 is 37.0. The molecule has 1 N–H and O–H groups in total. The van der Waals surface area contributed by atoms with Crippen LogP contribution in [-0.4, -0.2) is 11.3 Å². The molecule has 0 spiro atoms. The number of aromatic nitrogens is 1. The van der Waals surface area contributed by atoms with E-state index in [4.69, 9.17) is 0 Å². The standard InChI is InChI=1S/C10H6F3NO/c11-10(12,13)7-1-2-9-6(3-7)4-8(5-15)14-9/h1-5,14H. The molecule has 0 atom stereocenters. The average Bonchev–Trinajstić information content (AvgIpc) is 2.57. The summed E-state index contributed by atoms with van der Waals surface area (Å²) in [6.07, 6.45) is -3.79. The van der Waals surface area contributed by atoms with Crippen LogP contribution < -0.4 is 0 Å². The van der Waals surface area contributed by atoms with Crippen LogP contribution in [-0.2, 0) is 6.18 Å². The monoisotopic (exact) mass is 213 g/mol. The molecule has 2 nitrogen and oxygen atoms in total. The molecule has 0 aliphatic heterocycles. The van der Waals surface area contributed by atoms with Crippen molar-refractivity contribution in [2.75, 3.05) is 0 Å². The Balaban J connectivity index is 2.60. The number of aldehydes is 1. The topological polar surface area (TPSA) is 32.9 Å². The fraction of sp³-hybridized carbons (Fsp3) is 0.100. The molecule has 78 valence electrons. The highest BCUT2D eigenvalue weighted by atomic mass is 19.4. The van der Waals surface area contributed by atoms with Crippen LogP contribution in [0, 0.1) is 0 Å². The third kappa shape index (κ3) is 1.72. The second-order valence-electron chi connectivity index (χ2n) is 3.14. The Kier molecular flexibility index (Phi) is 2.03. The zero-order valence-electron chi connectivity index (χ0n) is 7.43. The Hall–Kier alpha value is -1.78. The van der Waals surface area contributed by atoms with Gasteiger partial charge in [0.1, 0.15) is 0 Å². The minimum absolute atomic E-state index is 0.268. The largest absolute Gasteiger partial charge is 0.416 e. The first-order chi connectivity index (χ1) is 7.00. The van der Waals surface area contributed by atoms with E-state index in [1.165, 1.54) is 12.1 Å². The van der Waals surface area contributed by atoms with Crippen LogP contribution in [0.25, 0.3) is 10.9 Å². The Morgan fingerprint density at radius 3 is 2.53 bits per heavy atom. The molecule has 2 rings (SSSR count). The Morgan fingerprint density at radius 1 is 1.20 bits per heavy atom. The number of nitrogens with one attached hydrogen (secondary N) is 1. The molecule has 0 amide bonds. The van der Waals surface area contributed by atoms with E-state index >= 15 is 0 Å². The van der Waals surface area contributed by atoms with Gasteiger partial charge in [0.25, 0.3) is 0 Å². The fourth-order valence-corrected chi connectivity index (χ4v) is 1.39. The maximum atomic E-state index is 12.3. The van der Waals surface area contributed by atoms with Gasteiger partial charge in [0.05, 0.1) is 11.3 Å². The van der Waals surface area contributed by atoms with Crippen molar-refractivity contribution >= 4 is 17.2 Å². The minimum atomic E-state index is -4.35. The third-order valence-electron chi connectivity index (χ3n) is 2.10. The maximum absolute atomic E-state index is 12.3. The summed E-state index contributed by atoms with van der Waals surface area (Å²) in [6, 6.07) is 4.69. The second kappa shape index (κ2) is 3.12. The number of hydrogen-bond acceptors (Lipinski definition) is 1. The molecule has 0 unspecified atom stereocenters. The van der Waals surface area contributed by atoms with Gasteiger partial charge >= 0.3 is 6.18 Å². The van der Waals surface area contributed by atoms with E-state index in [0.29, 0.717) is 17.2 Å². The first kappa shape index (κ1) is 9.76. The third-order valence-corrected chi connectivity index (χ3v) is 2.10. The zero-order valence-corrected chi connectivity index (χ0v) is 7.43. The van der Waals surface area contributed by atoms with Crippen molar-refractivity contribution in [3.63, 3.8) is 0 Å². The number of hydrogen-bond donors (Lipinski definition) is 1. The summed E-state index contributed by atoms with van der Waals surface area (Å²) >= 11 is 0. The number of carbonyl (C=O) groups excluding carboxylic acids is 1. The molecule has 0 fully saturated rings. The lowest BCUT2D eigenvalue weighted by Crippen LogP contribution is -2.03. The number of H-pyrrole nitrogens is 1. The molecule has 15 heavy (non-hydrogen) atoms. The Bertz CT molecular complexity index is 513. The van der Waals surface area contributed by atoms with Crippen LogP contribution in [0.4, 0.5) is 13.2 Å². The lowest BCUT2D eigenvalue weighted by molar-refractivity contribution is -0.137. The normalized spacial score (nSPS) is 11.9. The van der Waals surface area contributed by atoms with E-state index in [2.05, 4.69) is 4.98 Å². The van der Waals surface area contributed by atoms with Gasteiger partial charge in [-0.2, -0.15) is 13.2 Å². The maximum Gasteiger partial charge on any atom is 0.416 e. The number of carbonyl (C=O) groups is 1. The average molecular weight is 213 g/mol. The minimum Gasteiger partial charge on any atom is -0.352 e. The van der Waals surface area contributed by atoms with Gasteiger partial charge in [-0.15, -0.1) is 0 Å². The Morgan fingerprint density at radius 2 is 1.93 bits per heavy atom. The van der Waals surface area contributed by atoms with Crippen LogP contribution in [0.5, 0.6) is 0 Å². The van der Waals surface area contributed by atoms with Crippen molar-refractivity contribution in [1.29, 1.82) is 0 Å². The van der Waals surface area contributed by atoms with E-state index in [9.17, 15) is 18.0 Å². The van der Waals surface area contributed by atoms with Crippen molar-refractivity contribution in [3.05, 3.63) is 35.5 Å². The summed E-state index contributed by atoms with van der Waals surface area (Å²) in [5.74, 6) is 0. The summed E-state index contributed by atoms with van der Waals surface area (Å²) in [7, 11) is 0. The number of rotatable bonds is 1. The van der Waals surface area contributed by atoms with Crippen LogP contribution in [0.3, 0.4) is 0 Å². The van der Waals surface area contributed by atoms with Gasteiger partial charge in [-0.25, -0.2) is 0 Å². The van der Waals surface area contributed by atoms with E-state index in [1.807, 2.05) is 0 Å². The van der Waals surface area contributed by atoms with E-state index < -0.39 is 11.7 Å². The van der Waals surface area contributed by atoms with E-state index in [-0.39, 0.29) is 5.69 Å². The molecule has 0 radical (unpaired) electrons. The summed E-state index contributed by atoms with van der Waals surface area (Å²) in [5.41, 5.74) is 0.0703. The molecule has 1 aromatic heterocycles. The SMILES string of the molecule is O=Cc1cc2cc(C(F)(F)F)ccc2[nH]1. The summed E-state index contributed by atoms with van der Waals surface area (Å²) in [4.78, 5) is 13.1. The van der Waals surface area contributed by atoms with Gasteiger partial charge in [-0.1, -0.05) is 0 Å². The number of fused-ring (bicyclic) bond motifs is 1. The molecule has 0 aliphatic rings. The van der Waals surface area contributed by atoms with Crippen molar-refractivity contribution in [2.45, 2.75) is 6.18 Å². The van der Waals surface area contributed by atoms with E-state index in [1.54, 1.807) is 0 Å². The van der Waals surface area contributed by atoms with Crippen molar-refractivity contribution in [1.82, 2.24) is 4.98 Å². The highest BCUT2D eigenvalue weighted by Gasteiger charge is 2.30. The second-order valence-corrected chi connectivity index (χ2v) is 3.14. The van der Waals surface area contributed by atoms with Crippen molar-refractivity contribution in [3.8, 4) is 0 Å². The molecule has 5 heteroatoms. The number of halogens is 3. The molecule has 1 aromatic carbocycles. The predicted octanol–water partition coefficient (Wildman–Crippen LogP) is 3.00. The van der Waals surface area contributed by atoms with Gasteiger partial charge < -0.3 is 4.98 Å². The molecule has 0 saturated carbocycles. The van der Waals surface area contributed by atoms with E-state index in [0.717, 1.165) is 12.1 Å². The summed E-state index contributed by atoms with van der Waals surface area (Å²) in [6.45, 7) is 0. The molecular formula is C10H6F3NO. The zero-order chi connectivity index (χ0) is 11.1. The highest BCUT2D eigenvalue weighted by Crippen LogP contribution is 2.31. The molecular weight excluding hydrogens is 207 g/mol. The molecule has 0 aliphatic carbocycles. The number of aromatic amines is 1. The molecule has 2 aromatic rings. The van der Waals surface area contributed by atoms with Gasteiger partial charge in [0, 0.05) is 10.9 Å². The summed E-state index contributed by atoms with van der Waals surface area (Å²) in [5, 5.41) is 0.381.